The summed E-state index contributed by atoms with van der Waals surface area (Å²) in [6.45, 7) is 4.73. The first kappa shape index (κ1) is 18.2. The van der Waals surface area contributed by atoms with E-state index in [0.29, 0.717) is 5.58 Å². The van der Waals surface area contributed by atoms with Crippen molar-refractivity contribution in [2.45, 2.75) is 13.2 Å². The molecule has 4 rings (SSSR count). The average molecular weight is 429 g/mol. The predicted molar refractivity (Wildman–Crippen MR) is 110 cm³/mol. The van der Waals surface area contributed by atoms with Gasteiger partial charge in [-0.3, -0.25) is 4.90 Å². The highest BCUT2D eigenvalue weighted by atomic mass is 79.9. The van der Waals surface area contributed by atoms with E-state index in [-0.39, 0.29) is 12.2 Å². The Kier molecular flexibility index (Phi) is 5.29. The van der Waals surface area contributed by atoms with Gasteiger partial charge in [0.25, 0.3) is 0 Å². The summed E-state index contributed by atoms with van der Waals surface area (Å²) in [5.41, 5.74) is 3.56. The Morgan fingerprint density at radius 2 is 1.78 bits per heavy atom. The van der Waals surface area contributed by atoms with Gasteiger partial charge in [-0.05, 0) is 35.4 Å². The number of anilines is 1. The summed E-state index contributed by atoms with van der Waals surface area (Å²) in [7, 11) is 0. The lowest BCUT2D eigenvalue weighted by Gasteiger charge is -2.36. The largest absolute Gasteiger partial charge is 0.423 e. The van der Waals surface area contributed by atoms with Crippen molar-refractivity contribution in [1.82, 2.24) is 4.90 Å². The van der Waals surface area contributed by atoms with Gasteiger partial charge >= 0.3 is 5.63 Å². The first-order valence-corrected chi connectivity index (χ1v) is 9.81. The quantitative estimate of drug-likeness (QED) is 0.645. The van der Waals surface area contributed by atoms with Crippen molar-refractivity contribution in [3.63, 3.8) is 0 Å². The number of rotatable bonds is 4. The molecule has 2 aromatic carbocycles. The van der Waals surface area contributed by atoms with Gasteiger partial charge in [0.2, 0.25) is 0 Å². The smallest absolute Gasteiger partial charge is 0.336 e. The molecule has 0 atom stereocenters. The van der Waals surface area contributed by atoms with Crippen LogP contribution >= 0.6 is 15.9 Å². The molecule has 140 valence electrons. The molecule has 1 saturated heterocycles. The normalized spacial score (nSPS) is 15.4. The average Bonchev–Trinajstić information content (AvgIpc) is 2.68. The van der Waals surface area contributed by atoms with E-state index in [2.05, 4.69) is 43.9 Å². The number of benzene rings is 2. The molecule has 6 heteroatoms. The predicted octanol–water partition coefficient (Wildman–Crippen LogP) is 3.37. The monoisotopic (exact) mass is 428 g/mol. The Morgan fingerprint density at radius 3 is 2.52 bits per heavy atom. The van der Waals surface area contributed by atoms with Crippen LogP contribution < -0.4 is 10.5 Å². The molecule has 1 aliphatic heterocycles. The van der Waals surface area contributed by atoms with Crippen LogP contribution in [0.3, 0.4) is 0 Å². The van der Waals surface area contributed by atoms with Gasteiger partial charge in [0.1, 0.15) is 5.58 Å². The van der Waals surface area contributed by atoms with Crippen LogP contribution in [0.5, 0.6) is 0 Å². The van der Waals surface area contributed by atoms with E-state index in [0.717, 1.165) is 53.7 Å². The molecular formula is C21H21BrN2O3. The summed E-state index contributed by atoms with van der Waals surface area (Å²) < 4.78 is 6.24. The standard InChI is InChI=1S/C21H21BrN2O3/c22-19-12-18(5-3-17(19)14-25)24-9-7-23(8-10-24)13-15-1-2-16-4-6-21(26)27-20(16)11-15/h1-6,11-12,25H,7-10,13-14H2. The van der Waals surface area contributed by atoms with Gasteiger partial charge < -0.3 is 14.4 Å². The Balaban J connectivity index is 1.41. The number of aliphatic hydroxyl groups is 1. The number of hydrogen-bond donors (Lipinski definition) is 1. The molecule has 0 bridgehead atoms. The van der Waals surface area contributed by atoms with Crippen LogP contribution in [0.4, 0.5) is 5.69 Å². The summed E-state index contributed by atoms with van der Waals surface area (Å²) >= 11 is 3.53. The van der Waals surface area contributed by atoms with Gasteiger partial charge in [-0.25, -0.2) is 4.79 Å². The number of nitrogens with zero attached hydrogens (tertiary/aromatic N) is 2. The molecule has 1 aromatic heterocycles. The third kappa shape index (κ3) is 4.08. The lowest BCUT2D eigenvalue weighted by molar-refractivity contribution is 0.250. The summed E-state index contributed by atoms with van der Waals surface area (Å²) in [6.07, 6.45) is 0. The maximum atomic E-state index is 11.4. The topological polar surface area (TPSA) is 56.9 Å². The molecule has 1 aliphatic rings. The number of hydrogen-bond acceptors (Lipinski definition) is 5. The fourth-order valence-electron chi connectivity index (χ4n) is 3.49. The molecule has 2 heterocycles. The fraction of sp³-hybridized carbons (Fsp3) is 0.286. The number of aliphatic hydroxyl groups excluding tert-OH is 1. The van der Waals surface area contributed by atoms with Crippen LogP contribution in [0.2, 0.25) is 0 Å². The van der Waals surface area contributed by atoms with Crippen molar-refractivity contribution in [1.29, 1.82) is 0 Å². The zero-order valence-electron chi connectivity index (χ0n) is 14.9. The van der Waals surface area contributed by atoms with Crippen LogP contribution in [-0.4, -0.2) is 36.2 Å². The second kappa shape index (κ2) is 7.84. The van der Waals surface area contributed by atoms with E-state index < -0.39 is 0 Å². The van der Waals surface area contributed by atoms with Crippen molar-refractivity contribution >= 4 is 32.6 Å². The maximum Gasteiger partial charge on any atom is 0.336 e. The van der Waals surface area contributed by atoms with Gasteiger partial charge in [0, 0.05) is 54.3 Å². The number of piperazine rings is 1. The first-order chi connectivity index (χ1) is 13.1. The minimum absolute atomic E-state index is 0.0422. The van der Waals surface area contributed by atoms with Gasteiger partial charge in [0.15, 0.2) is 0 Å². The van der Waals surface area contributed by atoms with Crippen LogP contribution in [0.1, 0.15) is 11.1 Å². The molecule has 0 spiro atoms. The van der Waals surface area contributed by atoms with E-state index in [1.807, 2.05) is 18.2 Å². The number of fused-ring (bicyclic) bond motifs is 1. The maximum absolute atomic E-state index is 11.4. The van der Waals surface area contributed by atoms with E-state index in [4.69, 9.17) is 4.42 Å². The second-order valence-electron chi connectivity index (χ2n) is 6.82. The summed E-state index contributed by atoms with van der Waals surface area (Å²) in [6, 6.07) is 15.4. The summed E-state index contributed by atoms with van der Waals surface area (Å²) in [5.74, 6) is 0. The van der Waals surface area contributed by atoms with Crippen molar-refractivity contribution in [2.24, 2.45) is 0 Å². The highest BCUT2D eigenvalue weighted by molar-refractivity contribution is 9.10. The Hall–Kier alpha value is -2.15. The van der Waals surface area contributed by atoms with E-state index in [9.17, 15) is 9.90 Å². The van der Waals surface area contributed by atoms with Gasteiger partial charge in [-0.2, -0.15) is 0 Å². The van der Waals surface area contributed by atoms with Crippen LogP contribution in [0.25, 0.3) is 11.0 Å². The molecule has 0 radical (unpaired) electrons. The highest BCUT2D eigenvalue weighted by Gasteiger charge is 2.18. The molecule has 1 fully saturated rings. The van der Waals surface area contributed by atoms with Crippen molar-refractivity contribution in [3.05, 3.63) is 74.6 Å². The number of halogens is 1. The second-order valence-corrected chi connectivity index (χ2v) is 7.68. The van der Waals surface area contributed by atoms with Crippen LogP contribution in [0.15, 0.2) is 62.2 Å². The van der Waals surface area contributed by atoms with Gasteiger partial charge in [-0.1, -0.05) is 34.1 Å². The van der Waals surface area contributed by atoms with E-state index >= 15 is 0 Å². The zero-order chi connectivity index (χ0) is 18.8. The van der Waals surface area contributed by atoms with Gasteiger partial charge in [-0.15, -0.1) is 0 Å². The van der Waals surface area contributed by atoms with E-state index in [1.165, 1.54) is 11.8 Å². The zero-order valence-corrected chi connectivity index (χ0v) is 16.5. The third-order valence-corrected chi connectivity index (χ3v) is 5.78. The summed E-state index contributed by atoms with van der Waals surface area (Å²) in [4.78, 5) is 16.2. The Bertz CT molecular complexity index is 1010. The molecule has 0 aliphatic carbocycles. The Labute approximate surface area is 166 Å². The molecule has 0 amide bonds. The van der Waals surface area contributed by atoms with Crippen molar-refractivity contribution in [3.8, 4) is 0 Å². The molecule has 0 unspecified atom stereocenters. The molecule has 27 heavy (non-hydrogen) atoms. The molecule has 5 nitrogen and oxygen atoms in total. The van der Waals surface area contributed by atoms with Crippen LogP contribution in [-0.2, 0) is 13.2 Å². The minimum atomic E-state index is -0.313. The first-order valence-electron chi connectivity index (χ1n) is 9.02. The summed E-state index contributed by atoms with van der Waals surface area (Å²) in [5, 5.41) is 10.2. The van der Waals surface area contributed by atoms with Crippen molar-refractivity contribution < 1.29 is 9.52 Å². The van der Waals surface area contributed by atoms with Crippen molar-refractivity contribution in [2.75, 3.05) is 31.1 Å². The van der Waals surface area contributed by atoms with Gasteiger partial charge in [0.05, 0.1) is 6.61 Å². The fourth-order valence-corrected chi connectivity index (χ4v) is 3.98. The molecule has 1 N–H and O–H groups in total. The van der Waals surface area contributed by atoms with E-state index in [1.54, 1.807) is 6.07 Å². The lowest BCUT2D eigenvalue weighted by Crippen LogP contribution is -2.46. The SMILES string of the molecule is O=c1ccc2ccc(CN3CCN(c4ccc(CO)c(Br)c4)CC3)cc2o1. The molecular weight excluding hydrogens is 408 g/mol. The minimum Gasteiger partial charge on any atom is -0.423 e. The molecule has 0 saturated carbocycles. The van der Waals surface area contributed by atoms with Crippen LogP contribution in [0, 0.1) is 0 Å². The highest BCUT2D eigenvalue weighted by Crippen LogP contribution is 2.25. The third-order valence-electron chi connectivity index (χ3n) is 5.04. The Morgan fingerprint density at radius 1 is 1.00 bits per heavy atom. The lowest BCUT2D eigenvalue weighted by atomic mass is 10.1. The molecule has 3 aromatic rings.